The highest BCUT2D eigenvalue weighted by Crippen LogP contribution is 2.24. The average Bonchev–Trinajstić information content (AvgIpc) is 3.20. The molecule has 0 saturated carbocycles. The summed E-state index contributed by atoms with van der Waals surface area (Å²) in [4.78, 5) is 21.7. The standard InChI is InChI=1S/C24H29N5O2/c1-17(2)21-7-5-6-8-22(21)29-18(3)25-23(26-29)24(30)28-15-13-27(14-16-28)19-9-11-20(31-4)12-10-19/h5-12,17H,13-16H2,1-4H3. The molecule has 7 nitrogen and oxygen atoms in total. The Bertz CT molecular complexity index is 1050. The SMILES string of the molecule is COc1ccc(N2CCN(C(=O)c3nc(C)n(-c4ccccc4C(C)C)n3)CC2)cc1. The Labute approximate surface area is 183 Å². The number of para-hydroxylation sites is 1. The molecule has 4 rings (SSSR count). The molecule has 0 aliphatic carbocycles. The lowest BCUT2D eigenvalue weighted by atomic mass is 10.0. The van der Waals surface area contributed by atoms with Gasteiger partial charge in [0.1, 0.15) is 11.6 Å². The van der Waals surface area contributed by atoms with Gasteiger partial charge in [0.15, 0.2) is 0 Å². The van der Waals surface area contributed by atoms with E-state index in [2.05, 4.69) is 47.0 Å². The minimum absolute atomic E-state index is 0.113. The van der Waals surface area contributed by atoms with Crippen LogP contribution in [0, 0.1) is 6.92 Å². The number of amides is 1. The summed E-state index contributed by atoms with van der Waals surface area (Å²) in [7, 11) is 1.66. The molecular formula is C24H29N5O2. The molecular weight excluding hydrogens is 390 g/mol. The van der Waals surface area contributed by atoms with Crippen LogP contribution in [0.3, 0.4) is 0 Å². The van der Waals surface area contributed by atoms with Gasteiger partial charge in [-0.1, -0.05) is 32.0 Å². The van der Waals surface area contributed by atoms with E-state index in [1.165, 1.54) is 5.56 Å². The van der Waals surface area contributed by atoms with E-state index < -0.39 is 0 Å². The highest BCUT2D eigenvalue weighted by atomic mass is 16.5. The van der Waals surface area contributed by atoms with Gasteiger partial charge >= 0.3 is 0 Å². The summed E-state index contributed by atoms with van der Waals surface area (Å²) >= 11 is 0. The van der Waals surface area contributed by atoms with Crippen molar-refractivity contribution >= 4 is 11.6 Å². The number of methoxy groups -OCH3 is 1. The van der Waals surface area contributed by atoms with Crippen LogP contribution in [-0.4, -0.2) is 58.9 Å². The molecule has 7 heteroatoms. The van der Waals surface area contributed by atoms with Crippen molar-refractivity contribution in [1.82, 2.24) is 19.7 Å². The first-order valence-corrected chi connectivity index (χ1v) is 10.7. The second kappa shape index (κ2) is 8.79. The monoisotopic (exact) mass is 419 g/mol. The van der Waals surface area contributed by atoms with Crippen LogP contribution in [-0.2, 0) is 0 Å². The van der Waals surface area contributed by atoms with Gasteiger partial charge in [-0.2, -0.15) is 0 Å². The van der Waals surface area contributed by atoms with E-state index in [0.717, 1.165) is 30.2 Å². The van der Waals surface area contributed by atoms with Crippen LogP contribution in [0.5, 0.6) is 5.75 Å². The Morgan fingerprint density at radius 1 is 1.00 bits per heavy atom. The van der Waals surface area contributed by atoms with E-state index >= 15 is 0 Å². The number of hydrogen-bond acceptors (Lipinski definition) is 5. The number of rotatable bonds is 5. The molecule has 0 bridgehead atoms. The van der Waals surface area contributed by atoms with Crippen LogP contribution >= 0.6 is 0 Å². The van der Waals surface area contributed by atoms with Gasteiger partial charge in [-0.15, -0.1) is 5.10 Å². The van der Waals surface area contributed by atoms with Crippen molar-refractivity contribution in [1.29, 1.82) is 0 Å². The van der Waals surface area contributed by atoms with Gasteiger partial charge in [0.2, 0.25) is 5.82 Å². The zero-order valence-electron chi connectivity index (χ0n) is 18.6. The van der Waals surface area contributed by atoms with E-state index in [1.807, 2.05) is 42.2 Å². The summed E-state index contributed by atoms with van der Waals surface area (Å²) in [5.74, 6) is 2.05. The molecule has 2 aromatic carbocycles. The number of hydrogen-bond donors (Lipinski definition) is 0. The van der Waals surface area contributed by atoms with Crippen LogP contribution < -0.4 is 9.64 Å². The maximum Gasteiger partial charge on any atom is 0.293 e. The lowest BCUT2D eigenvalue weighted by Crippen LogP contribution is -2.49. The molecule has 1 fully saturated rings. The van der Waals surface area contributed by atoms with Gasteiger partial charge in [0.05, 0.1) is 12.8 Å². The molecule has 3 aromatic rings. The lowest BCUT2D eigenvalue weighted by Gasteiger charge is -2.35. The van der Waals surface area contributed by atoms with Crippen molar-refractivity contribution in [3.05, 3.63) is 65.7 Å². The predicted octanol–water partition coefficient (Wildman–Crippen LogP) is 3.67. The van der Waals surface area contributed by atoms with E-state index in [1.54, 1.807) is 11.8 Å². The first-order chi connectivity index (χ1) is 15.0. The summed E-state index contributed by atoms with van der Waals surface area (Å²) in [5, 5.41) is 4.58. The number of ether oxygens (including phenoxy) is 1. The topological polar surface area (TPSA) is 63.5 Å². The minimum Gasteiger partial charge on any atom is -0.497 e. The molecule has 162 valence electrons. The second-order valence-electron chi connectivity index (χ2n) is 8.09. The smallest absolute Gasteiger partial charge is 0.293 e. The summed E-state index contributed by atoms with van der Waals surface area (Å²) in [6, 6.07) is 16.2. The van der Waals surface area contributed by atoms with Crippen molar-refractivity contribution in [2.24, 2.45) is 0 Å². The fourth-order valence-electron chi connectivity index (χ4n) is 3.98. The summed E-state index contributed by atoms with van der Waals surface area (Å²) in [5.41, 5.74) is 3.30. The van der Waals surface area contributed by atoms with Gasteiger partial charge in [0.25, 0.3) is 5.91 Å². The zero-order chi connectivity index (χ0) is 22.0. The van der Waals surface area contributed by atoms with Crippen molar-refractivity contribution < 1.29 is 9.53 Å². The second-order valence-corrected chi connectivity index (χ2v) is 8.09. The number of carbonyl (C=O) groups excluding carboxylic acids is 1. The van der Waals surface area contributed by atoms with Crippen LogP contribution in [0.4, 0.5) is 5.69 Å². The maximum absolute atomic E-state index is 13.1. The Morgan fingerprint density at radius 2 is 1.68 bits per heavy atom. The van der Waals surface area contributed by atoms with Gasteiger partial charge in [-0.25, -0.2) is 9.67 Å². The van der Waals surface area contributed by atoms with E-state index in [9.17, 15) is 4.79 Å². The summed E-state index contributed by atoms with van der Waals surface area (Å²) in [6.07, 6.45) is 0. The third-order valence-electron chi connectivity index (χ3n) is 5.75. The highest BCUT2D eigenvalue weighted by Gasteiger charge is 2.26. The molecule has 1 amide bonds. The zero-order valence-corrected chi connectivity index (χ0v) is 18.6. The van der Waals surface area contributed by atoms with Gasteiger partial charge in [0, 0.05) is 31.9 Å². The normalized spacial score (nSPS) is 14.2. The fourth-order valence-corrected chi connectivity index (χ4v) is 3.98. The third-order valence-corrected chi connectivity index (χ3v) is 5.75. The molecule has 1 saturated heterocycles. The number of aromatic nitrogens is 3. The molecule has 1 aliphatic heterocycles. The number of carbonyl (C=O) groups is 1. The van der Waals surface area contributed by atoms with Gasteiger partial charge in [-0.05, 0) is 48.7 Å². The first kappa shape index (κ1) is 20.9. The van der Waals surface area contributed by atoms with Crippen molar-refractivity contribution in [2.45, 2.75) is 26.7 Å². The quantitative estimate of drug-likeness (QED) is 0.631. The fraction of sp³-hybridized carbons (Fsp3) is 0.375. The van der Waals surface area contributed by atoms with E-state index in [0.29, 0.717) is 24.8 Å². The number of benzene rings is 2. The molecule has 31 heavy (non-hydrogen) atoms. The van der Waals surface area contributed by atoms with Crippen molar-refractivity contribution in [3.63, 3.8) is 0 Å². The van der Waals surface area contributed by atoms with E-state index in [-0.39, 0.29) is 11.7 Å². The predicted molar refractivity (Wildman–Crippen MR) is 121 cm³/mol. The molecule has 0 radical (unpaired) electrons. The molecule has 0 atom stereocenters. The van der Waals surface area contributed by atoms with Crippen molar-refractivity contribution in [2.75, 3.05) is 38.2 Å². The Balaban J connectivity index is 1.47. The number of aryl methyl sites for hydroxylation is 1. The Kier molecular flexibility index (Phi) is 5.93. The van der Waals surface area contributed by atoms with Crippen LogP contribution in [0.15, 0.2) is 48.5 Å². The third kappa shape index (κ3) is 4.26. The molecule has 1 aromatic heterocycles. The van der Waals surface area contributed by atoms with Crippen LogP contribution in [0.1, 0.15) is 41.8 Å². The largest absolute Gasteiger partial charge is 0.497 e. The maximum atomic E-state index is 13.1. The van der Waals surface area contributed by atoms with Gasteiger partial charge < -0.3 is 14.5 Å². The lowest BCUT2D eigenvalue weighted by molar-refractivity contribution is 0.0734. The van der Waals surface area contributed by atoms with Gasteiger partial charge in [-0.3, -0.25) is 4.79 Å². The van der Waals surface area contributed by atoms with Crippen LogP contribution in [0.25, 0.3) is 5.69 Å². The molecule has 0 spiro atoms. The summed E-state index contributed by atoms with van der Waals surface area (Å²) < 4.78 is 7.02. The summed E-state index contributed by atoms with van der Waals surface area (Å²) in [6.45, 7) is 9.02. The Morgan fingerprint density at radius 3 is 2.32 bits per heavy atom. The van der Waals surface area contributed by atoms with Crippen LogP contribution in [0.2, 0.25) is 0 Å². The number of piperazine rings is 1. The molecule has 2 heterocycles. The highest BCUT2D eigenvalue weighted by molar-refractivity contribution is 5.90. The van der Waals surface area contributed by atoms with Crippen molar-refractivity contribution in [3.8, 4) is 11.4 Å². The number of anilines is 1. The van der Waals surface area contributed by atoms with E-state index in [4.69, 9.17) is 4.74 Å². The molecule has 1 aliphatic rings. The molecule has 0 N–H and O–H groups in total. The number of nitrogens with zero attached hydrogens (tertiary/aromatic N) is 5. The Hall–Kier alpha value is -3.35. The molecule has 0 unspecified atom stereocenters. The average molecular weight is 420 g/mol. The minimum atomic E-state index is -0.113. The first-order valence-electron chi connectivity index (χ1n) is 10.7.